The van der Waals surface area contributed by atoms with Crippen LogP contribution in [0.3, 0.4) is 0 Å². The van der Waals surface area contributed by atoms with Crippen LogP contribution in [0, 0.1) is 0 Å². The number of hydrogen-bond donors (Lipinski definition) is 2. The predicted molar refractivity (Wildman–Crippen MR) is 87.1 cm³/mol. The number of aromatic nitrogens is 1. The third-order valence-corrected chi connectivity index (χ3v) is 3.75. The fourth-order valence-electron chi connectivity index (χ4n) is 2.46. The number of hydrogen-bond acceptors (Lipinski definition) is 7. The molecular weight excluding hydrogens is 330 g/mol. The van der Waals surface area contributed by atoms with Crippen LogP contribution in [-0.4, -0.2) is 48.0 Å². The minimum Gasteiger partial charge on any atom is -0.503 e. The second kappa shape index (κ2) is 7.61. The van der Waals surface area contributed by atoms with Crippen LogP contribution in [0.2, 0.25) is 0 Å². The predicted octanol–water partition coefficient (Wildman–Crippen LogP) is 1.72. The van der Waals surface area contributed by atoms with Crippen molar-refractivity contribution in [2.45, 2.75) is 13.0 Å². The van der Waals surface area contributed by atoms with Crippen molar-refractivity contribution in [1.82, 2.24) is 4.57 Å². The molecule has 2 rings (SSSR count). The van der Waals surface area contributed by atoms with E-state index in [0.717, 1.165) is 19.8 Å². The summed E-state index contributed by atoms with van der Waals surface area (Å²) in [4.78, 5) is 23.9. The van der Waals surface area contributed by atoms with Gasteiger partial charge in [0.1, 0.15) is 5.75 Å². The van der Waals surface area contributed by atoms with E-state index in [-0.39, 0.29) is 17.9 Å². The van der Waals surface area contributed by atoms with Gasteiger partial charge in [-0.05, 0) is 24.1 Å². The molecule has 2 N–H and O–H groups in total. The lowest BCUT2D eigenvalue weighted by molar-refractivity contribution is 0.0575. The van der Waals surface area contributed by atoms with E-state index in [1.807, 2.05) is 12.1 Å². The fourth-order valence-corrected chi connectivity index (χ4v) is 2.46. The molecule has 1 aromatic heterocycles. The van der Waals surface area contributed by atoms with Gasteiger partial charge in [-0.3, -0.25) is 0 Å². The van der Waals surface area contributed by atoms with Crippen molar-refractivity contribution in [2.24, 2.45) is 0 Å². The molecule has 0 aliphatic heterocycles. The van der Waals surface area contributed by atoms with Crippen molar-refractivity contribution in [2.75, 3.05) is 21.3 Å². The van der Waals surface area contributed by atoms with Crippen molar-refractivity contribution in [3.8, 4) is 17.2 Å². The van der Waals surface area contributed by atoms with E-state index >= 15 is 0 Å². The maximum Gasteiger partial charge on any atom is 0.358 e. The van der Waals surface area contributed by atoms with Crippen molar-refractivity contribution in [3.63, 3.8) is 0 Å². The Morgan fingerprint density at radius 2 is 1.40 bits per heavy atom. The smallest absolute Gasteiger partial charge is 0.358 e. The third-order valence-electron chi connectivity index (χ3n) is 3.75. The number of carbonyl (C=O) groups is 2. The quantitative estimate of drug-likeness (QED) is 0.765. The van der Waals surface area contributed by atoms with E-state index in [1.54, 1.807) is 19.2 Å². The lowest BCUT2D eigenvalue weighted by atomic mass is 10.1. The minimum atomic E-state index is -0.877. The maximum absolute atomic E-state index is 11.9. The first-order chi connectivity index (χ1) is 11.9. The number of aromatic hydroxyl groups is 2. The van der Waals surface area contributed by atoms with Gasteiger partial charge in [-0.2, -0.15) is 0 Å². The number of rotatable bonds is 6. The summed E-state index contributed by atoms with van der Waals surface area (Å²) in [6.07, 6.45) is 0.422. The van der Waals surface area contributed by atoms with Crippen LogP contribution in [0.1, 0.15) is 26.5 Å². The van der Waals surface area contributed by atoms with Gasteiger partial charge in [0, 0.05) is 6.54 Å². The number of esters is 2. The van der Waals surface area contributed by atoms with Gasteiger partial charge in [0.15, 0.2) is 22.9 Å². The highest BCUT2D eigenvalue weighted by atomic mass is 16.5. The molecule has 0 atom stereocenters. The Balaban J connectivity index is 2.40. The zero-order valence-corrected chi connectivity index (χ0v) is 14.1. The van der Waals surface area contributed by atoms with Crippen LogP contribution >= 0.6 is 0 Å². The Morgan fingerprint density at radius 3 is 1.80 bits per heavy atom. The number of nitrogens with zero attached hydrogens (tertiary/aromatic N) is 1. The van der Waals surface area contributed by atoms with E-state index in [0.29, 0.717) is 12.2 Å². The van der Waals surface area contributed by atoms with Gasteiger partial charge in [0.05, 0.1) is 21.3 Å². The maximum atomic E-state index is 11.9. The van der Waals surface area contributed by atoms with Gasteiger partial charge in [-0.15, -0.1) is 0 Å². The zero-order valence-electron chi connectivity index (χ0n) is 14.1. The Bertz CT molecular complexity index is 738. The fraction of sp³-hybridized carbons (Fsp3) is 0.294. The van der Waals surface area contributed by atoms with Gasteiger partial charge in [-0.25, -0.2) is 9.59 Å². The van der Waals surface area contributed by atoms with Gasteiger partial charge < -0.3 is 29.0 Å². The first-order valence-electron chi connectivity index (χ1n) is 7.38. The molecule has 0 saturated carbocycles. The molecule has 0 aliphatic rings. The van der Waals surface area contributed by atoms with Crippen molar-refractivity contribution in [1.29, 1.82) is 0 Å². The molecule has 8 nitrogen and oxygen atoms in total. The number of aryl methyl sites for hydroxylation is 1. The molecule has 0 spiro atoms. The van der Waals surface area contributed by atoms with Gasteiger partial charge in [-0.1, -0.05) is 12.1 Å². The average Bonchev–Trinajstić information content (AvgIpc) is 2.89. The van der Waals surface area contributed by atoms with E-state index in [9.17, 15) is 19.8 Å². The summed E-state index contributed by atoms with van der Waals surface area (Å²) in [6.45, 7) is 0.134. The van der Waals surface area contributed by atoms with Gasteiger partial charge in [0.25, 0.3) is 0 Å². The summed E-state index contributed by atoms with van der Waals surface area (Å²) in [5.41, 5.74) is 0.280. The SMILES string of the molecule is COC(=O)c1c(O)c(O)c(C(=O)OC)n1CCc1ccc(OC)cc1. The number of benzene rings is 1. The van der Waals surface area contributed by atoms with Crippen molar-refractivity contribution < 1.29 is 34.0 Å². The Labute approximate surface area is 144 Å². The Kier molecular flexibility index (Phi) is 5.53. The summed E-state index contributed by atoms with van der Waals surface area (Å²) < 4.78 is 15.5. The standard InChI is InChI=1S/C17H19NO7/c1-23-11-6-4-10(5-7-11)8-9-18-12(16(21)24-2)14(19)15(20)13(18)17(22)25-3/h4-7,19-20H,8-9H2,1-3H3. The molecule has 0 unspecified atom stereocenters. The molecule has 0 aliphatic carbocycles. The summed E-state index contributed by atoms with van der Waals surface area (Å²) in [7, 11) is 3.83. The second-order valence-corrected chi connectivity index (χ2v) is 5.13. The molecule has 25 heavy (non-hydrogen) atoms. The molecule has 0 radical (unpaired) electrons. The Morgan fingerprint density at radius 1 is 0.920 bits per heavy atom. The molecule has 1 heterocycles. The normalized spacial score (nSPS) is 10.4. The highest BCUT2D eigenvalue weighted by molar-refractivity contribution is 5.99. The van der Waals surface area contributed by atoms with Crippen molar-refractivity contribution in [3.05, 3.63) is 41.2 Å². The monoisotopic (exact) mass is 349 g/mol. The van der Waals surface area contributed by atoms with Crippen LogP contribution in [0.25, 0.3) is 0 Å². The first-order valence-corrected chi connectivity index (χ1v) is 7.38. The summed E-state index contributed by atoms with van der Waals surface area (Å²) in [5.74, 6) is -2.50. The molecule has 0 saturated heterocycles. The molecule has 0 bridgehead atoms. The average molecular weight is 349 g/mol. The molecule has 2 aromatic rings. The highest BCUT2D eigenvalue weighted by Crippen LogP contribution is 2.37. The second-order valence-electron chi connectivity index (χ2n) is 5.13. The van der Waals surface area contributed by atoms with Crippen LogP contribution in [0.15, 0.2) is 24.3 Å². The zero-order chi connectivity index (χ0) is 18.6. The van der Waals surface area contributed by atoms with Crippen LogP contribution in [0.4, 0.5) is 0 Å². The lowest BCUT2D eigenvalue weighted by Crippen LogP contribution is -2.17. The minimum absolute atomic E-state index is 0.134. The van der Waals surface area contributed by atoms with Crippen LogP contribution in [-0.2, 0) is 22.4 Å². The third kappa shape index (κ3) is 3.52. The molecule has 0 amide bonds. The number of ether oxygens (including phenoxy) is 3. The summed E-state index contributed by atoms with van der Waals surface area (Å²) >= 11 is 0. The van der Waals surface area contributed by atoms with Gasteiger partial charge >= 0.3 is 11.9 Å². The molecular formula is C17H19NO7. The van der Waals surface area contributed by atoms with Gasteiger partial charge in [0.2, 0.25) is 0 Å². The molecule has 0 fully saturated rings. The summed E-state index contributed by atoms with van der Waals surface area (Å²) in [6, 6.07) is 7.22. The van der Waals surface area contributed by atoms with E-state index in [1.165, 1.54) is 4.57 Å². The highest BCUT2D eigenvalue weighted by Gasteiger charge is 2.31. The molecule has 134 valence electrons. The number of methoxy groups -OCH3 is 3. The first kappa shape index (κ1) is 18.2. The van der Waals surface area contributed by atoms with E-state index in [2.05, 4.69) is 9.47 Å². The largest absolute Gasteiger partial charge is 0.503 e. The molecule has 1 aromatic carbocycles. The van der Waals surface area contributed by atoms with Crippen molar-refractivity contribution >= 4 is 11.9 Å². The van der Waals surface area contributed by atoms with E-state index in [4.69, 9.17) is 4.74 Å². The Hall–Kier alpha value is -3.16. The number of carbonyl (C=O) groups excluding carboxylic acids is 2. The van der Waals surface area contributed by atoms with E-state index < -0.39 is 23.4 Å². The summed E-state index contributed by atoms with van der Waals surface area (Å²) in [5, 5.41) is 20.0. The van der Waals surface area contributed by atoms with Crippen LogP contribution < -0.4 is 4.74 Å². The van der Waals surface area contributed by atoms with Crippen LogP contribution in [0.5, 0.6) is 17.2 Å². The topological polar surface area (TPSA) is 107 Å². The molecule has 8 heteroatoms. The lowest BCUT2D eigenvalue weighted by Gasteiger charge is -2.11.